The summed E-state index contributed by atoms with van der Waals surface area (Å²) in [7, 11) is 3.87. The van der Waals surface area contributed by atoms with E-state index in [4.69, 9.17) is 4.98 Å². The summed E-state index contributed by atoms with van der Waals surface area (Å²) in [4.78, 5) is 35.6. The van der Waals surface area contributed by atoms with Crippen molar-refractivity contribution in [3.8, 4) is 0 Å². The first kappa shape index (κ1) is 13.9. The number of carbonyl (C=O) groups excluding carboxylic acids is 1. The molecular formula is C15H18N4O2S. The molecule has 2 aromatic heterocycles. The molecule has 0 spiro atoms. The maximum atomic E-state index is 12.9. The summed E-state index contributed by atoms with van der Waals surface area (Å²) in [6, 6.07) is 0. The van der Waals surface area contributed by atoms with Crippen LogP contribution < -0.4 is 5.56 Å². The average molecular weight is 318 g/mol. The molecule has 0 N–H and O–H groups in total. The van der Waals surface area contributed by atoms with Crippen LogP contribution in [0.2, 0.25) is 0 Å². The van der Waals surface area contributed by atoms with Crippen molar-refractivity contribution in [3.63, 3.8) is 0 Å². The van der Waals surface area contributed by atoms with Crippen LogP contribution in [-0.2, 0) is 30.8 Å². The fraction of sp³-hybridized carbons (Fsp3) is 0.533. The van der Waals surface area contributed by atoms with Crippen molar-refractivity contribution in [1.82, 2.24) is 19.4 Å². The SMILES string of the molecule is CN1CCc2c(sc3nc4n(c(=O)c23)CCC(=O)N(C)C4)C1. The molecule has 0 radical (unpaired) electrons. The molecule has 2 aliphatic heterocycles. The number of nitrogens with zero attached hydrogens (tertiary/aromatic N) is 4. The van der Waals surface area contributed by atoms with E-state index in [-0.39, 0.29) is 11.5 Å². The molecule has 0 aromatic carbocycles. The van der Waals surface area contributed by atoms with E-state index in [0.29, 0.717) is 25.3 Å². The molecule has 2 aromatic rings. The van der Waals surface area contributed by atoms with Gasteiger partial charge in [-0.15, -0.1) is 11.3 Å². The standard InChI is InChI=1S/C15H18N4O2S/c1-17-5-3-9-10(7-17)22-14-13(9)15(21)19-6-4-12(20)18(2)8-11(19)16-14/h3-8H2,1-2H3. The summed E-state index contributed by atoms with van der Waals surface area (Å²) in [6.07, 6.45) is 1.27. The van der Waals surface area contributed by atoms with Crippen molar-refractivity contribution >= 4 is 27.5 Å². The normalized spacial score (nSPS) is 19.2. The van der Waals surface area contributed by atoms with Crippen LogP contribution >= 0.6 is 11.3 Å². The monoisotopic (exact) mass is 318 g/mol. The Morgan fingerprint density at radius 1 is 1.09 bits per heavy atom. The van der Waals surface area contributed by atoms with E-state index in [0.717, 1.165) is 29.7 Å². The lowest BCUT2D eigenvalue weighted by Crippen LogP contribution is -2.28. The van der Waals surface area contributed by atoms with Crippen molar-refractivity contribution in [2.45, 2.75) is 32.5 Å². The van der Waals surface area contributed by atoms with E-state index in [1.165, 1.54) is 10.4 Å². The zero-order chi connectivity index (χ0) is 15.4. The lowest BCUT2D eigenvalue weighted by molar-refractivity contribution is -0.130. The fourth-order valence-corrected chi connectivity index (χ4v) is 4.61. The van der Waals surface area contributed by atoms with Crippen molar-refractivity contribution in [1.29, 1.82) is 0 Å². The van der Waals surface area contributed by atoms with Crippen molar-refractivity contribution in [2.75, 3.05) is 20.6 Å². The molecule has 1 amide bonds. The van der Waals surface area contributed by atoms with Gasteiger partial charge in [0, 0.05) is 38.0 Å². The molecule has 0 saturated carbocycles. The summed E-state index contributed by atoms with van der Waals surface area (Å²) in [5.74, 6) is 0.773. The van der Waals surface area contributed by atoms with E-state index >= 15 is 0 Å². The van der Waals surface area contributed by atoms with E-state index in [2.05, 4.69) is 11.9 Å². The Kier molecular flexibility index (Phi) is 3.09. The molecule has 116 valence electrons. The second-order valence-corrected chi connectivity index (χ2v) is 7.24. The molecule has 4 rings (SSSR count). The third kappa shape index (κ3) is 1.99. The van der Waals surface area contributed by atoms with Gasteiger partial charge in [-0.05, 0) is 19.0 Å². The Balaban J connectivity index is 1.94. The van der Waals surface area contributed by atoms with Gasteiger partial charge in [0.1, 0.15) is 10.7 Å². The zero-order valence-corrected chi connectivity index (χ0v) is 13.6. The first-order chi connectivity index (χ1) is 10.5. The van der Waals surface area contributed by atoms with Gasteiger partial charge >= 0.3 is 0 Å². The number of carbonyl (C=O) groups is 1. The first-order valence-corrected chi connectivity index (χ1v) is 8.32. The predicted octanol–water partition coefficient (Wildman–Crippen LogP) is 0.808. The number of fused-ring (bicyclic) bond motifs is 4. The van der Waals surface area contributed by atoms with Gasteiger partial charge < -0.3 is 9.80 Å². The van der Waals surface area contributed by atoms with Crippen LogP contribution in [0.1, 0.15) is 22.7 Å². The lowest BCUT2D eigenvalue weighted by atomic mass is 10.1. The fourth-order valence-electron chi connectivity index (χ4n) is 3.30. The van der Waals surface area contributed by atoms with Crippen LogP contribution in [-0.4, -0.2) is 45.9 Å². The highest BCUT2D eigenvalue weighted by molar-refractivity contribution is 7.18. The number of thiophene rings is 1. The molecule has 0 aliphatic carbocycles. The molecule has 2 aliphatic rings. The van der Waals surface area contributed by atoms with Crippen molar-refractivity contribution in [2.24, 2.45) is 0 Å². The second-order valence-electron chi connectivity index (χ2n) is 6.16. The second kappa shape index (κ2) is 4.89. The minimum atomic E-state index is 0.0325. The zero-order valence-electron chi connectivity index (χ0n) is 12.8. The number of aromatic nitrogens is 2. The lowest BCUT2D eigenvalue weighted by Gasteiger charge is -2.21. The van der Waals surface area contributed by atoms with Gasteiger partial charge in [0.2, 0.25) is 5.91 Å². The summed E-state index contributed by atoms with van der Waals surface area (Å²) in [5.41, 5.74) is 1.21. The third-order valence-corrected chi connectivity index (χ3v) is 5.69. The number of amides is 1. The highest BCUT2D eigenvalue weighted by atomic mass is 32.1. The van der Waals surface area contributed by atoms with Crippen LogP contribution in [0.25, 0.3) is 10.2 Å². The molecule has 6 nitrogen and oxygen atoms in total. The van der Waals surface area contributed by atoms with Gasteiger partial charge in [0.05, 0.1) is 11.9 Å². The van der Waals surface area contributed by atoms with Crippen LogP contribution in [0, 0.1) is 0 Å². The Morgan fingerprint density at radius 2 is 1.91 bits per heavy atom. The topological polar surface area (TPSA) is 58.4 Å². The van der Waals surface area contributed by atoms with Gasteiger partial charge in [-0.1, -0.05) is 0 Å². The number of hydrogen-bond acceptors (Lipinski definition) is 5. The molecule has 7 heteroatoms. The number of rotatable bonds is 0. The maximum Gasteiger partial charge on any atom is 0.262 e. The van der Waals surface area contributed by atoms with Gasteiger partial charge in [0.25, 0.3) is 5.56 Å². The molecule has 0 fully saturated rings. The average Bonchev–Trinajstić information content (AvgIpc) is 2.76. The van der Waals surface area contributed by atoms with Gasteiger partial charge in [-0.2, -0.15) is 0 Å². The molecule has 0 saturated heterocycles. The van der Waals surface area contributed by atoms with E-state index in [1.807, 2.05) is 0 Å². The number of likely N-dealkylation sites (N-methyl/N-ethyl adjacent to an activating group) is 1. The Bertz CT molecular complexity index is 838. The third-order valence-electron chi connectivity index (χ3n) is 4.58. The quantitative estimate of drug-likeness (QED) is 0.721. The van der Waals surface area contributed by atoms with Crippen molar-refractivity contribution in [3.05, 3.63) is 26.6 Å². The maximum absolute atomic E-state index is 12.9. The molecular weight excluding hydrogens is 300 g/mol. The summed E-state index contributed by atoms with van der Waals surface area (Å²) in [5, 5.41) is 0.786. The first-order valence-electron chi connectivity index (χ1n) is 7.51. The Morgan fingerprint density at radius 3 is 2.73 bits per heavy atom. The summed E-state index contributed by atoms with van der Waals surface area (Å²) < 4.78 is 1.70. The van der Waals surface area contributed by atoms with Gasteiger partial charge in [-0.25, -0.2) is 4.98 Å². The van der Waals surface area contributed by atoms with Gasteiger partial charge in [-0.3, -0.25) is 14.2 Å². The molecule has 22 heavy (non-hydrogen) atoms. The smallest absolute Gasteiger partial charge is 0.262 e. The summed E-state index contributed by atoms with van der Waals surface area (Å²) in [6.45, 7) is 2.71. The van der Waals surface area contributed by atoms with E-state index < -0.39 is 0 Å². The molecule has 4 heterocycles. The van der Waals surface area contributed by atoms with Crippen LogP contribution in [0.4, 0.5) is 0 Å². The predicted molar refractivity (Wildman–Crippen MR) is 85.0 cm³/mol. The summed E-state index contributed by atoms with van der Waals surface area (Å²) >= 11 is 1.63. The van der Waals surface area contributed by atoms with Crippen LogP contribution in [0.3, 0.4) is 0 Å². The molecule has 0 bridgehead atoms. The van der Waals surface area contributed by atoms with E-state index in [9.17, 15) is 9.59 Å². The largest absolute Gasteiger partial charge is 0.338 e. The molecule has 0 unspecified atom stereocenters. The van der Waals surface area contributed by atoms with Crippen LogP contribution in [0.5, 0.6) is 0 Å². The molecule has 0 atom stereocenters. The van der Waals surface area contributed by atoms with Gasteiger partial charge in [0.15, 0.2) is 0 Å². The highest BCUT2D eigenvalue weighted by Crippen LogP contribution is 2.32. The highest BCUT2D eigenvalue weighted by Gasteiger charge is 2.26. The Labute approximate surface area is 132 Å². The minimum absolute atomic E-state index is 0.0325. The minimum Gasteiger partial charge on any atom is -0.338 e. The van der Waals surface area contributed by atoms with Crippen LogP contribution in [0.15, 0.2) is 4.79 Å². The van der Waals surface area contributed by atoms with E-state index in [1.54, 1.807) is 27.9 Å². The number of hydrogen-bond donors (Lipinski definition) is 0. The van der Waals surface area contributed by atoms with Crippen molar-refractivity contribution < 1.29 is 4.79 Å². The Hall–Kier alpha value is -1.73.